The van der Waals surface area contributed by atoms with E-state index in [4.69, 9.17) is 4.74 Å². The Kier molecular flexibility index (Phi) is 4.37. The number of fused-ring (bicyclic) bond motifs is 1. The number of amides is 1. The topological polar surface area (TPSA) is 109 Å². The van der Waals surface area contributed by atoms with Crippen molar-refractivity contribution in [2.45, 2.75) is 18.9 Å². The lowest BCUT2D eigenvalue weighted by molar-refractivity contribution is 0.0948. The number of carbonyl (C=O) groups is 1. The molecule has 4 rings (SSSR count). The molecule has 136 valence electrons. The number of benzene rings is 1. The summed E-state index contributed by atoms with van der Waals surface area (Å²) in [5.74, 6) is 0.428. The number of aromatic nitrogens is 3. The molecule has 8 nitrogen and oxygen atoms in total. The van der Waals surface area contributed by atoms with E-state index >= 15 is 0 Å². The van der Waals surface area contributed by atoms with Crippen molar-refractivity contribution in [2.75, 3.05) is 7.11 Å². The molecule has 1 aliphatic carbocycles. The van der Waals surface area contributed by atoms with E-state index in [-0.39, 0.29) is 17.8 Å². The van der Waals surface area contributed by atoms with E-state index in [9.17, 15) is 9.70 Å². The van der Waals surface area contributed by atoms with Gasteiger partial charge in [0.1, 0.15) is 5.75 Å². The van der Waals surface area contributed by atoms with Gasteiger partial charge in [-0.2, -0.15) is 5.10 Å². The largest absolute Gasteiger partial charge is 0.495 e. The second kappa shape index (κ2) is 6.99. The third-order valence-corrected chi connectivity index (χ3v) is 4.33. The van der Waals surface area contributed by atoms with Gasteiger partial charge in [0, 0.05) is 6.04 Å². The van der Waals surface area contributed by atoms with E-state index in [0.29, 0.717) is 33.6 Å². The third-order valence-electron chi connectivity index (χ3n) is 4.33. The lowest BCUT2D eigenvalue weighted by Crippen LogP contribution is -2.25. The number of rotatable bonds is 6. The molecular formula is C19H17N5O3. The van der Waals surface area contributed by atoms with Crippen molar-refractivity contribution >= 4 is 34.8 Å². The van der Waals surface area contributed by atoms with Gasteiger partial charge in [0.15, 0.2) is 5.82 Å². The summed E-state index contributed by atoms with van der Waals surface area (Å²) < 4.78 is 5.54. The van der Waals surface area contributed by atoms with Gasteiger partial charge in [0.2, 0.25) is 0 Å². The fourth-order valence-electron chi connectivity index (χ4n) is 2.86. The average Bonchev–Trinajstić information content (AvgIpc) is 3.42. The highest BCUT2D eigenvalue weighted by molar-refractivity contribution is 6.05. The molecule has 0 spiro atoms. The number of hydrogen-bond acceptors (Lipinski definition) is 6. The van der Waals surface area contributed by atoms with E-state index in [1.165, 1.54) is 13.2 Å². The van der Waals surface area contributed by atoms with Crippen LogP contribution >= 0.6 is 0 Å². The molecule has 1 aromatic carbocycles. The molecule has 1 amide bonds. The zero-order valence-electron chi connectivity index (χ0n) is 14.6. The number of nitroso groups, excluding NO2 is 1. The molecular weight excluding hydrogens is 346 g/mol. The average molecular weight is 363 g/mol. The maximum absolute atomic E-state index is 12.5. The van der Waals surface area contributed by atoms with E-state index in [1.54, 1.807) is 36.4 Å². The zero-order valence-corrected chi connectivity index (χ0v) is 14.6. The molecule has 0 aliphatic heterocycles. The highest BCUT2D eigenvalue weighted by Crippen LogP contribution is 2.33. The first-order valence-corrected chi connectivity index (χ1v) is 8.54. The summed E-state index contributed by atoms with van der Waals surface area (Å²) in [6.45, 7) is 0. The minimum atomic E-state index is -0.154. The predicted octanol–water partition coefficient (Wildman–Crippen LogP) is 3.43. The van der Waals surface area contributed by atoms with Gasteiger partial charge >= 0.3 is 0 Å². The number of nitrogens with zero attached hydrogens (tertiary/aromatic N) is 3. The minimum Gasteiger partial charge on any atom is -0.495 e. The quantitative estimate of drug-likeness (QED) is 0.652. The summed E-state index contributed by atoms with van der Waals surface area (Å²) in [6.07, 6.45) is 5.53. The lowest BCUT2D eigenvalue weighted by atomic mass is 10.1. The molecule has 8 heteroatoms. The van der Waals surface area contributed by atoms with Crippen LogP contribution in [-0.4, -0.2) is 34.2 Å². The fourth-order valence-corrected chi connectivity index (χ4v) is 2.86. The summed E-state index contributed by atoms with van der Waals surface area (Å²) in [4.78, 5) is 27.2. The third kappa shape index (κ3) is 3.41. The van der Waals surface area contributed by atoms with Crippen molar-refractivity contribution in [3.8, 4) is 5.75 Å². The van der Waals surface area contributed by atoms with Crippen molar-refractivity contribution in [1.82, 2.24) is 20.5 Å². The van der Waals surface area contributed by atoms with Gasteiger partial charge in [-0.3, -0.25) is 9.89 Å². The van der Waals surface area contributed by atoms with Crippen molar-refractivity contribution in [1.29, 1.82) is 0 Å². The molecule has 2 aromatic heterocycles. The number of hydrogen-bond donors (Lipinski definition) is 2. The Hall–Kier alpha value is -3.55. The number of methoxy groups -OCH3 is 1. The monoisotopic (exact) mass is 363 g/mol. The first-order valence-electron chi connectivity index (χ1n) is 8.54. The fraction of sp³-hybridized carbons (Fsp3) is 0.211. The van der Waals surface area contributed by atoms with E-state index < -0.39 is 0 Å². The van der Waals surface area contributed by atoms with Crippen LogP contribution < -0.4 is 10.1 Å². The molecule has 0 radical (unpaired) electrons. The van der Waals surface area contributed by atoms with Gasteiger partial charge in [-0.1, -0.05) is 6.07 Å². The van der Waals surface area contributed by atoms with Crippen molar-refractivity contribution < 1.29 is 9.53 Å². The Morgan fingerprint density at radius 3 is 2.89 bits per heavy atom. The normalized spacial score (nSPS) is 13.8. The van der Waals surface area contributed by atoms with Crippen molar-refractivity contribution in [3.05, 3.63) is 52.2 Å². The van der Waals surface area contributed by atoms with Gasteiger partial charge in [0.05, 0.1) is 35.0 Å². The van der Waals surface area contributed by atoms with Crippen LogP contribution in [-0.2, 0) is 0 Å². The SMILES string of the molecule is COc1c(C(=O)NC2CC2)ccc2n[nH]c(/C=C/c3cccc(N=O)n3)c12. The Labute approximate surface area is 154 Å². The van der Waals surface area contributed by atoms with Gasteiger partial charge < -0.3 is 10.1 Å². The number of carbonyl (C=O) groups excluding carboxylic acids is 1. The Bertz CT molecular complexity index is 1050. The molecule has 27 heavy (non-hydrogen) atoms. The maximum Gasteiger partial charge on any atom is 0.255 e. The molecule has 3 aromatic rings. The number of pyridine rings is 1. The first kappa shape index (κ1) is 16.9. The summed E-state index contributed by atoms with van der Waals surface area (Å²) in [6, 6.07) is 8.75. The first-order chi connectivity index (χ1) is 13.2. The molecule has 2 heterocycles. The van der Waals surface area contributed by atoms with Crippen LogP contribution in [0.25, 0.3) is 23.1 Å². The highest BCUT2D eigenvalue weighted by atomic mass is 16.5. The van der Waals surface area contributed by atoms with Crippen LogP contribution in [0.2, 0.25) is 0 Å². The van der Waals surface area contributed by atoms with Gasteiger partial charge in [-0.25, -0.2) is 4.98 Å². The number of H-pyrrole nitrogens is 1. The molecule has 0 bridgehead atoms. The Balaban J connectivity index is 1.73. The van der Waals surface area contributed by atoms with Crippen LogP contribution in [0.3, 0.4) is 0 Å². The van der Waals surface area contributed by atoms with E-state index in [0.717, 1.165) is 12.8 Å². The van der Waals surface area contributed by atoms with Gasteiger partial charge in [-0.05, 0) is 54.4 Å². The standard InChI is InChI=1S/C19H17N5O3/c1-27-18-13(19(25)21-12-5-6-12)8-10-15-17(18)14(22-23-15)9-7-11-3-2-4-16(20-11)24-26/h2-4,7-10,12H,5-6H2,1H3,(H,21,25)(H,22,23)/b9-7+. The summed E-state index contributed by atoms with van der Waals surface area (Å²) in [7, 11) is 1.53. The van der Waals surface area contributed by atoms with Crippen molar-refractivity contribution in [3.63, 3.8) is 0 Å². The lowest BCUT2D eigenvalue weighted by Gasteiger charge is -2.10. The second-order valence-corrected chi connectivity index (χ2v) is 6.27. The van der Waals surface area contributed by atoms with Crippen molar-refractivity contribution in [2.24, 2.45) is 5.18 Å². The second-order valence-electron chi connectivity index (χ2n) is 6.27. The number of aromatic amines is 1. The van der Waals surface area contributed by atoms with E-state index in [2.05, 4.69) is 25.7 Å². The number of nitrogens with one attached hydrogen (secondary N) is 2. The summed E-state index contributed by atoms with van der Waals surface area (Å²) >= 11 is 0. The summed E-state index contributed by atoms with van der Waals surface area (Å²) in [5, 5.41) is 13.7. The van der Waals surface area contributed by atoms with Crippen LogP contribution in [0.5, 0.6) is 5.75 Å². The zero-order chi connectivity index (χ0) is 18.8. The number of ether oxygens (including phenoxy) is 1. The van der Waals surface area contributed by atoms with Crippen LogP contribution in [0.1, 0.15) is 34.6 Å². The maximum atomic E-state index is 12.5. The molecule has 0 unspecified atom stereocenters. The van der Waals surface area contributed by atoms with Crippen LogP contribution in [0, 0.1) is 4.91 Å². The molecule has 0 saturated heterocycles. The summed E-state index contributed by atoms with van der Waals surface area (Å²) in [5.41, 5.74) is 2.41. The van der Waals surface area contributed by atoms with Crippen LogP contribution in [0.15, 0.2) is 35.5 Å². The minimum absolute atomic E-state index is 0.114. The molecule has 1 aliphatic rings. The predicted molar refractivity (Wildman–Crippen MR) is 102 cm³/mol. The Morgan fingerprint density at radius 2 is 2.15 bits per heavy atom. The smallest absolute Gasteiger partial charge is 0.255 e. The van der Waals surface area contributed by atoms with Crippen LogP contribution in [0.4, 0.5) is 5.82 Å². The van der Waals surface area contributed by atoms with Gasteiger partial charge in [-0.15, -0.1) is 4.91 Å². The van der Waals surface area contributed by atoms with Gasteiger partial charge in [0.25, 0.3) is 5.91 Å². The van der Waals surface area contributed by atoms with E-state index in [1.807, 2.05) is 0 Å². The Morgan fingerprint density at radius 1 is 1.30 bits per heavy atom. The molecule has 1 fully saturated rings. The molecule has 2 N–H and O–H groups in total. The highest BCUT2D eigenvalue weighted by Gasteiger charge is 2.26. The molecule has 1 saturated carbocycles. The molecule has 0 atom stereocenters.